The van der Waals surface area contributed by atoms with Crippen molar-refractivity contribution in [2.75, 3.05) is 6.54 Å². The van der Waals surface area contributed by atoms with E-state index in [1.807, 2.05) is 0 Å². The van der Waals surface area contributed by atoms with Gasteiger partial charge in [-0.25, -0.2) is 0 Å². The van der Waals surface area contributed by atoms with E-state index in [1.165, 1.54) is 18.2 Å². The number of halogens is 3. The van der Waals surface area contributed by atoms with E-state index in [-0.39, 0.29) is 5.56 Å². The maximum atomic E-state index is 12.9. The standard InChI is InChI=1S/C14H16F3NO/c1-13(8-4-5-9-18-13)12(19)10-6-2-3-7-11(10)14(15,16)17/h2-3,6-7,18H,4-5,8-9H2,1H3. The van der Waals surface area contributed by atoms with Crippen molar-refractivity contribution in [3.8, 4) is 0 Å². The van der Waals surface area contributed by atoms with E-state index in [0.717, 1.165) is 18.9 Å². The maximum absolute atomic E-state index is 12.9. The van der Waals surface area contributed by atoms with Crippen LogP contribution in [0.4, 0.5) is 13.2 Å². The predicted octanol–water partition coefficient (Wildman–Crippen LogP) is 3.42. The molecular formula is C14H16F3NO. The Morgan fingerprint density at radius 1 is 1.26 bits per heavy atom. The lowest BCUT2D eigenvalue weighted by Crippen LogP contribution is -2.52. The van der Waals surface area contributed by atoms with Gasteiger partial charge in [-0.3, -0.25) is 4.79 Å². The average molecular weight is 271 g/mol. The molecule has 1 saturated heterocycles. The van der Waals surface area contributed by atoms with Gasteiger partial charge in [0.2, 0.25) is 0 Å². The lowest BCUT2D eigenvalue weighted by molar-refractivity contribution is -0.138. The van der Waals surface area contributed by atoms with Crippen LogP contribution in [0, 0.1) is 0 Å². The SMILES string of the molecule is CC1(C(=O)c2ccccc2C(F)(F)F)CCCCN1. The van der Waals surface area contributed by atoms with Gasteiger partial charge in [-0.05, 0) is 38.8 Å². The van der Waals surface area contributed by atoms with Crippen LogP contribution in [0.15, 0.2) is 24.3 Å². The minimum absolute atomic E-state index is 0.244. The molecule has 5 heteroatoms. The fraction of sp³-hybridized carbons (Fsp3) is 0.500. The first-order valence-electron chi connectivity index (χ1n) is 6.31. The summed E-state index contributed by atoms with van der Waals surface area (Å²) in [4.78, 5) is 12.4. The fourth-order valence-electron chi connectivity index (χ4n) is 2.48. The molecule has 1 atom stereocenters. The van der Waals surface area contributed by atoms with Crippen molar-refractivity contribution in [2.45, 2.75) is 37.9 Å². The molecule has 2 rings (SSSR count). The van der Waals surface area contributed by atoms with E-state index < -0.39 is 23.1 Å². The second-order valence-electron chi connectivity index (χ2n) is 5.09. The highest BCUT2D eigenvalue weighted by Gasteiger charge is 2.40. The summed E-state index contributed by atoms with van der Waals surface area (Å²) in [7, 11) is 0. The van der Waals surface area contributed by atoms with Crippen molar-refractivity contribution in [1.82, 2.24) is 5.32 Å². The van der Waals surface area contributed by atoms with Crippen molar-refractivity contribution >= 4 is 5.78 Å². The molecule has 1 N–H and O–H groups in total. The van der Waals surface area contributed by atoms with Crippen LogP contribution in [0.3, 0.4) is 0 Å². The molecule has 104 valence electrons. The van der Waals surface area contributed by atoms with Crippen molar-refractivity contribution in [1.29, 1.82) is 0 Å². The summed E-state index contributed by atoms with van der Waals surface area (Å²) in [5.74, 6) is -0.472. The number of piperidine rings is 1. The fourth-order valence-corrected chi connectivity index (χ4v) is 2.48. The first kappa shape index (κ1) is 14.1. The van der Waals surface area contributed by atoms with E-state index >= 15 is 0 Å². The van der Waals surface area contributed by atoms with Gasteiger partial charge < -0.3 is 5.32 Å². The van der Waals surface area contributed by atoms with Crippen LogP contribution in [0.1, 0.15) is 42.1 Å². The smallest absolute Gasteiger partial charge is 0.305 e. The first-order valence-corrected chi connectivity index (χ1v) is 6.31. The highest BCUT2D eigenvalue weighted by atomic mass is 19.4. The number of Topliss-reactive ketones (excluding diaryl/α,β-unsaturated/α-hetero) is 1. The van der Waals surface area contributed by atoms with Crippen LogP contribution >= 0.6 is 0 Å². The maximum Gasteiger partial charge on any atom is 0.417 e. The van der Waals surface area contributed by atoms with Gasteiger partial charge in [-0.15, -0.1) is 0 Å². The number of carbonyl (C=O) groups is 1. The van der Waals surface area contributed by atoms with Gasteiger partial charge in [-0.2, -0.15) is 13.2 Å². The minimum Gasteiger partial charge on any atom is -0.305 e. The van der Waals surface area contributed by atoms with E-state index in [0.29, 0.717) is 13.0 Å². The van der Waals surface area contributed by atoms with Crippen molar-refractivity contribution in [3.63, 3.8) is 0 Å². The van der Waals surface area contributed by atoms with Crippen LogP contribution in [0.5, 0.6) is 0 Å². The molecule has 19 heavy (non-hydrogen) atoms. The number of rotatable bonds is 2. The van der Waals surface area contributed by atoms with Gasteiger partial charge in [0.05, 0.1) is 11.1 Å². The zero-order chi connectivity index (χ0) is 14.1. The number of ketones is 1. The number of carbonyl (C=O) groups excluding carboxylic acids is 1. The Labute approximate surface area is 110 Å². The molecule has 1 aromatic carbocycles. The summed E-state index contributed by atoms with van der Waals surface area (Å²) in [6.45, 7) is 2.35. The van der Waals surface area contributed by atoms with Gasteiger partial charge >= 0.3 is 6.18 Å². The lowest BCUT2D eigenvalue weighted by Gasteiger charge is -2.34. The van der Waals surface area contributed by atoms with E-state index in [4.69, 9.17) is 0 Å². The van der Waals surface area contributed by atoms with Gasteiger partial charge in [0.15, 0.2) is 5.78 Å². The first-order chi connectivity index (χ1) is 8.84. The Hall–Kier alpha value is -1.36. The van der Waals surface area contributed by atoms with Gasteiger partial charge in [-0.1, -0.05) is 18.2 Å². The molecule has 0 amide bonds. The number of nitrogens with one attached hydrogen (secondary N) is 1. The van der Waals surface area contributed by atoms with Gasteiger partial charge in [0, 0.05) is 5.56 Å². The second kappa shape index (κ2) is 4.96. The van der Waals surface area contributed by atoms with Gasteiger partial charge in [0.1, 0.15) is 0 Å². The summed E-state index contributed by atoms with van der Waals surface area (Å²) in [6, 6.07) is 4.98. The van der Waals surface area contributed by atoms with E-state index in [1.54, 1.807) is 6.92 Å². The summed E-state index contributed by atoms with van der Waals surface area (Å²) in [5.41, 5.74) is -1.99. The van der Waals surface area contributed by atoms with Crippen LogP contribution < -0.4 is 5.32 Å². The Morgan fingerprint density at radius 2 is 1.95 bits per heavy atom. The number of alkyl halides is 3. The third-order valence-electron chi connectivity index (χ3n) is 3.60. The summed E-state index contributed by atoms with van der Waals surface area (Å²) in [5, 5.41) is 3.06. The Kier molecular flexibility index (Phi) is 3.67. The van der Waals surface area contributed by atoms with Crippen molar-refractivity contribution in [2.24, 2.45) is 0 Å². The summed E-state index contributed by atoms with van der Waals surface area (Å²) < 4.78 is 38.8. The van der Waals surface area contributed by atoms with Crippen LogP contribution in [0.2, 0.25) is 0 Å². The lowest BCUT2D eigenvalue weighted by atomic mass is 9.82. The molecule has 0 saturated carbocycles. The highest BCUT2D eigenvalue weighted by Crippen LogP contribution is 2.34. The largest absolute Gasteiger partial charge is 0.417 e. The molecule has 2 nitrogen and oxygen atoms in total. The normalized spacial score (nSPS) is 24.2. The molecule has 1 aliphatic rings. The molecule has 1 fully saturated rings. The monoisotopic (exact) mass is 271 g/mol. The molecular weight excluding hydrogens is 255 g/mol. The third-order valence-corrected chi connectivity index (χ3v) is 3.60. The molecule has 1 aliphatic heterocycles. The Bertz CT molecular complexity index is 476. The number of hydrogen-bond acceptors (Lipinski definition) is 2. The predicted molar refractivity (Wildman–Crippen MR) is 66.0 cm³/mol. The molecule has 0 aliphatic carbocycles. The zero-order valence-electron chi connectivity index (χ0n) is 10.7. The second-order valence-corrected chi connectivity index (χ2v) is 5.09. The molecule has 1 aromatic rings. The topological polar surface area (TPSA) is 29.1 Å². The van der Waals surface area contributed by atoms with Gasteiger partial charge in [0.25, 0.3) is 0 Å². The molecule has 1 heterocycles. The van der Waals surface area contributed by atoms with Crippen molar-refractivity contribution < 1.29 is 18.0 Å². The van der Waals surface area contributed by atoms with Crippen LogP contribution in [-0.2, 0) is 6.18 Å². The molecule has 0 spiro atoms. The molecule has 1 unspecified atom stereocenters. The third kappa shape index (κ3) is 2.81. The van der Waals surface area contributed by atoms with E-state index in [9.17, 15) is 18.0 Å². The quantitative estimate of drug-likeness (QED) is 0.835. The summed E-state index contributed by atoms with van der Waals surface area (Å²) >= 11 is 0. The molecule has 0 bridgehead atoms. The summed E-state index contributed by atoms with van der Waals surface area (Å²) in [6.07, 6.45) is -2.14. The Balaban J connectivity index is 2.39. The van der Waals surface area contributed by atoms with E-state index in [2.05, 4.69) is 5.32 Å². The molecule has 0 radical (unpaired) electrons. The van der Waals surface area contributed by atoms with Crippen LogP contribution in [0.25, 0.3) is 0 Å². The minimum atomic E-state index is -4.50. The van der Waals surface area contributed by atoms with Crippen LogP contribution in [-0.4, -0.2) is 17.9 Å². The Morgan fingerprint density at radius 3 is 2.53 bits per heavy atom. The number of hydrogen-bond donors (Lipinski definition) is 1. The average Bonchev–Trinajstić information content (AvgIpc) is 2.38. The van der Waals surface area contributed by atoms with Crippen molar-refractivity contribution in [3.05, 3.63) is 35.4 Å². The number of benzene rings is 1. The highest BCUT2D eigenvalue weighted by molar-refractivity contribution is 6.04. The molecule has 0 aromatic heterocycles. The zero-order valence-corrected chi connectivity index (χ0v) is 10.7.